The highest BCUT2D eigenvalue weighted by Crippen LogP contribution is 1.85. The van der Waals surface area contributed by atoms with Crippen LogP contribution in [0.1, 0.15) is 5.89 Å². The fraction of sp³-hybridized carbons (Fsp3) is 0. The quantitative estimate of drug-likeness (QED) is 0.556. The molecule has 0 fully saturated rings. The van der Waals surface area contributed by atoms with E-state index >= 15 is 0 Å². The lowest BCUT2D eigenvalue weighted by atomic mass is 10.7. The first-order valence-corrected chi connectivity index (χ1v) is 2.01. The Labute approximate surface area is 44.8 Å². The Kier molecular flexibility index (Phi) is 0.997. The second-order valence-electron chi connectivity index (χ2n) is 1.16. The molecule has 1 N–H and O–H groups in total. The summed E-state index contributed by atoms with van der Waals surface area (Å²) in [6, 6.07) is 0. The van der Waals surface area contributed by atoms with Crippen LogP contribution in [0.25, 0.3) is 6.08 Å². The van der Waals surface area contributed by atoms with Crippen molar-refractivity contribution < 1.29 is 4.42 Å². The van der Waals surface area contributed by atoms with Gasteiger partial charge in [0.25, 0.3) is 0 Å². The third kappa shape index (κ3) is 0.676. The van der Waals surface area contributed by atoms with Crippen LogP contribution in [0.2, 0.25) is 0 Å². The van der Waals surface area contributed by atoms with Gasteiger partial charge in [0, 0.05) is 0 Å². The summed E-state index contributed by atoms with van der Waals surface area (Å²) in [5.74, 6) is -0.338. The Morgan fingerprint density at radius 2 is 2.62 bits per heavy atom. The average molecular weight is 112 g/mol. The number of aromatic nitrogens is 2. The molecule has 1 rings (SSSR count). The molecule has 0 atom stereocenters. The van der Waals surface area contributed by atoms with Crippen LogP contribution in [0.15, 0.2) is 15.8 Å². The average Bonchev–Trinajstić information content (AvgIpc) is 2.14. The van der Waals surface area contributed by atoms with Crippen molar-refractivity contribution in [2.75, 3.05) is 0 Å². The van der Waals surface area contributed by atoms with Crippen LogP contribution in [0.5, 0.6) is 0 Å². The maximum absolute atomic E-state index is 10.1. The standard InChI is InChI=1S/C4H4N2O2/c1-2-3-5-6-4(7)8-3/h2H,1H2,(H,6,7). The van der Waals surface area contributed by atoms with E-state index in [0.29, 0.717) is 0 Å². The van der Waals surface area contributed by atoms with E-state index < -0.39 is 5.76 Å². The van der Waals surface area contributed by atoms with Gasteiger partial charge in [-0.2, -0.15) is 0 Å². The molecule has 1 aromatic rings. The summed E-state index contributed by atoms with van der Waals surface area (Å²) in [7, 11) is 0. The largest absolute Gasteiger partial charge is 0.434 e. The molecule has 8 heavy (non-hydrogen) atoms. The summed E-state index contributed by atoms with van der Waals surface area (Å²) >= 11 is 0. The first-order valence-electron chi connectivity index (χ1n) is 2.01. The number of hydrogen-bond donors (Lipinski definition) is 1. The number of H-pyrrole nitrogens is 1. The van der Waals surface area contributed by atoms with Gasteiger partial charge in [-0.05, 0) is 6.08 Å². The molecule has 1 aromatic heterocycles. The topological polar surface area (TPSA) is 58.9 Å². The van der Waals surface area contributed by atoms with Crippen LogP contribution >= 0.6 is 0 Å². The van der Waals surface area contributed by atoms with E-state index in [-0.39, 0.29) is 5.89 Å². The van der Waals surface area contributed by atoms with Gasteiger partial charge in [0.05, 0.1) is 0 Å². The predicted octanol–water partition coefficient (Wildman–Crippen LogP) is 0.00590. The molecule has 0 spiro atoms. The van der Waals surface area contributed by atoms with Crippen molar-refractivity contribution in [1.29, 1.82) is 0 Å². The minimum atomic E-state index is -0.556. The highest BCUT2D eigenvalue weighted by atomic mass is 16.4. The van der Waals surface area contributed by atoms with E-state index in [4.69, 9.17) is 0 Å². The van der Waals surface area contributed by atoms with E-state index in [9.17, 15) is 4.79 Å². The Hall–Kier alpha value is -1.32. The van der Waals surface area contributed by atoms with Gasteiger partial charge in [0.2, 0.25) is 5.89 Å². The monoisotopic (exact) mass is 112 g/mol. The first-order chi connectivity index (χ1) is 3.83. The second kappa shape index (κ2) is 1.65. The first kappa shape index (κ1) is 4.83. The van der Waals surface area contributed by atoms with Gasteiger partial charge < -0.3 is 4.42 Å². The summed E-state index contributed by atoms with van der Waals surface area (Å²) in [5, 5.41) is 5.49. The number of aromatic amines is 1. The summed E-state index contributed by atoms with van der Waals surface area (Å²) in [6.07, 6.45) is 1.35. The van der Waals surface area contributed by atoms with Crippen molar-refractivity contribution in [3.8, 4) is 0 Å². The molecule has 0 bridgehead atoms. The Morgan fingerprint density at radius 1 is 1.88 bits per heavy atom. The predicted molar refractivity (Wildman–Crippen MR) is 27.2 cm³/mol. The van der Waals surface area contributed by atoms with Crippen molar-refractivity contribution in [1.82, 2.24) is 10.2 Å². The van der Waals surface area contributed by atoms with Crippen molar-refractivity contribution in [3.05, 3.63) is 23.0 Å². The zero-order valence-electron chi connectivity index (χ0n) is 4.05. The molecule has 0 aromatic carbocycles. The number of rotatable bonds is 1. The van der Waals surface area contributed by atoms with Crippen molar-refractivity contribution in [2.24, 2.45) is 0 Å². The molecule has 0 aliphatic carbocycles. The van der Waals surface area contributed by atoms with Crippen LogP contribution in [-0.4, -0.2) is 10.2 Å². The van der Waals surface area contributed by atoms with Gasteiger partial charge in [-0.25, -0.2) is 9.89 Å². The van der Waals surface area contributed by atoms with Gasteiger partial charge in [0.15, 0.2) is 0 Å². The minimum Gasteiger partial charge on any atom is -0.388 e. The van der Waals surface area contributed by atoms with Gasteiger partial charge in [0.1, 0.15) is 0 Å². The number of nitrogens with zero attached hydrogens (tertiary/aromatic N) is 1. The number of hydrogen-bond acceptors (Lipinski definition) is 3. The fourth-order valence-corrected chi connectivity index (χ4v) is 0.329. The summed E-state index contributed by atoms with van der Waals surface area (Å²) < 4.78 is 4.39. The molecule has 0 aliphatic rings. The second-order valence-corrected chi connectivity index (χ2v) is 1.16. The zero-order chi connectivity index (χ0) is 5.98. The zero-order valence-corrected chi connectivity index (χ0v) is 4.05. The summed E-state index contributed by atoms with van der Waals surface area (Å²) in [6.45, 7) is 3.33. The third-order valence-electron chi connectivity index (χ3n) is 0.629. The lowest BCUT2D eigenvalue weighted by Crippen LogP contribution is -1.93. The van der Waals surface area contributed by atoms with Crippen LogP contribution in [-0.2, 0) is 0 Å². The number of nitrogens with one attached hydrogen (secondary N) is 1. The minimum absolute atomic E-state index is 0.218. The van der Waals surface area contributed by atoms with E-state index in [2.05, 4.69) is 21.2 Å². The van der Waals surface area contributed by atoms with Crippen molar-refractivity contribution >= 4 is 6.08 Å². The molecule has 42 valence electrons. The lowest BCUT2D eigenvalue weighted by Gasteiger charge is -1.68. The van der Waals surface area contributed by atoms with Crippen LogP contribution in [0.4, 0.5) is 0 Å². The molecule has 0 saturated heterocycles. The molecular weight excluding hydrogens is 108 g/mol. The Bertz CT molecular complexity index is 234. The smallest absolute Gasteiger partial charge is 0.388 e. The van der Waals surface area contributed by atoms with Crippen molar-refractivity contribution in [3.63, 3.8) is 0 Å². The summed E-state index contributed by atoms with van der Waals surface area (Å²) in [4.78, 5) is 10.1. The molecule has 4 heteroatoms. The maximum atomic E-state index is 10.1. The van der Waals surface area contributed by atoms with Crippen LogP contribution in [0.3, 0.4) is 0 Å². The third-order valence-corrected chi connectivity index (χ3v) is 0.629. The van der Waals surface area contributed by atoms with E-state index in [1.807, 2.05) is 0 Å². The molecule has 0 radical (unpaired) electrons. The summed E-state index contributed by atoms with van der Waals surface area (Å²) in [5.41, 5.74) is 0. The van der Waals surface area contributed by atoms with E-state index in [1.165, 1.54) is 6.08 Å². The van der Waals surface area contributed by atoms with Gasteiger partial charge in [-0.3, -0.25) is 0 Å². The van der Waals surface area contributed by atoms with E-state index in [1.54, 1.807) is 0 Å². The van der Waals surface area contributed by atoms with Crippen LogP contribution < -0.4 is 5.76 Å². The molecule has 0 saturated carbocycles. The fourth-order valence-electron chi connectivity index (χ4n) is 0.329. The van der Waals surface area contributed by atoms with Crippen molar-refractivity contribution in [2.45, 2.75) is 0 Å². The highest BCUT2D eigenvalue weighted by molar-refractivity contribution is 5.31. The SMILES string of the molecule is C=Cc1n[nH]c(=O)o1. The molecule has 0 unspecified atom stereocenters. The van der Waals surface area contributed by atoms with Crippen LogP contribution in [0, 0.1) is 0 Å². The van der Waals surface area contributed by atoms with Gasteiger partial charge in [-0.1, -0.05) is 6.58 Å². The Balaban J connectivity index is 3.18. The van der Waals surface area contributed by atoms with Gasteiger partial charge >= 0.3 is 5.76 Å². The maximum Gasteiger partial charge on any atom is 0.434 e. The molecular formula is C4H4N2O2. The Morgan fingerprint density at radius 3 is 2.88 bits per heavy atom. The molecule has 1 heterocycles. The normalized spacial score (nSPS) is 9.00. The lowest BCUT2D eigenvalue weighted by molar-refractivity contribution is 0.504. The molecule has 4 nitrogen and oxygen atoms in total. The van der Waals surface area contributed by atoms with E-state index in [0.717, 1.165) is 0 Å². The van der Waals surface area contributed by atoms with Gasteiger partial charge in [-0.15, -0.1) is 5.10 Å². The highest BCUT2D eigenvalue weighted by Gasteiger charge is 1.89. The molecule has 0 amide bonds. The molecule has 0 aliphatic heterocycles.